The van der Waals surface area contributed by atoms with Gasteiger partial charge in [0, 0.05) is 24.6 Å². The van der Waals surface area contributed by atoms with E-state index in [4.69, 9.17) is 4.74 Å². The van der Waals surface area contributed by atoms with Crippen LogP contribution in [0.1, 0.15) is 13.3 Å². The normalized spacial score (nSPS) is 21.5. The number of carbonyl (C=O) groups is 1. The van der Waals surface area contributed by atoms with E-state index >= 15 is 0 Å². The molecule has 2 rings (SSSR count). The molecule has 1 aliphatic rings. The molecular formula is C14H16F4N2O3. The van der Waals surface area contributed by atoms with Gasteiger partial charge in [-0.1, -0.05) is 0 Å². The van der Waals surface area contributed by atoms with E-state index < -0.39 is 24.4 Å². The van der Waals surface area contributed by atoms with Crippen LogP contribution in [0.2, 0.25) is 0 Å². The number of pyridine rings is 1. The quantitative estimate of drug-likeness (QED) is 0.812. The molecule has 0 unspecified atom stereocenters. The zero-order valence-electron chi connectivity index (χ0n) is 12.3. The molecule has 23 heavy (non-hydrogen) atoms. The molecule has 0 radical (unpaired) electrons. The predicted molar refractivity (Wildman–Crippen MR) is 72.9 cm³/mol. The lowest BCUT2D eigenvalue weighted by molar-refractivity contribution is -0.148. The molecule has 2 heterocycles. The van der Waals surface area contributed by atoms with Crippen LogP contribution in [0.3, 0.4) is 0 Å². The SMILES string of the molecule is C[C@@]1(C(=O)Nc2ccnc(OCC(F)(F)C(F)F)c2)CCOC1. The van der Waals surface area contributed by atoms with E-state index in [1.807, 2.05) is 0 Å². The summed E-state index contributed by atoms with van der Waals surface area (Å²) in [5, 5.41) is 2.61. The summed E-state index contributed by atoms with van der Waals surface area (Å²) in [4.78, 5) is 15.8. The standard InChI is InChI=1S/C14H16F4N2O3/c1-13(3-5-22-7-13)12(21)20-9-2-4-19-10(6-9)23-8-14(17,18)11(15)16/h2,4,6,11H,3,5,7-8H2,1H3,(H,19,20,21)/t13-/m1/s1. The van der Waals surface area contributed by atoms with Crippen LogP contribution in [-0.4, -0.2) is 43.1 Å². The fraction of sp³-hybridized carbons (Fsp3) is 0.571. The largest absolute Gasteiger partial charge is 0.471 e. The first kappa shape index (κ1) is 17.5. The fourth-order valence-electron chi connectivity index (χ4n) is 1.93. The molecule has 128 valence electrons. The molecule has 1 atom stereocenters. The summed E-state index contributed by atoms with van der Waals surface area (Å²) in [5.41, 5.74) is -0.402. The van der Waals surface area contributed by atoms with Gasteiger partial charge in [0.05, 0.1) is 12.0 Å². The summed E-state index contributed by atoms with van der Waals surface area (Å²) in [6.07, 6.45) is -2.04. The average molecular weight is 336 g/mol. The van der Waals surface area contributed by atoms with E-state index in [-0.39, 0.29) is 24.1 Å². The average Bonchev–Trinajstić information content (AvgIpc) is 2.94. The second-order valence-corrected chi connectivity index (χ2v) is 5.55. The number of nitrogens with one attached hydrogen (secondary N) is 1. The molecule has 0 aromatic carbocycles. The van der Waals surface area contributed by atoms with Crippen molar-refractivity contribution in [3.8, 4) is 5.88 Å². The van der Waals surface area contributed by atoms with Crippen molar-refractivity contribution in [1.29, 1.82) is 0 Å². The number of hydrogen-bond acceptors (Lipinski definition) is 4. The molecule has 1 fully saturated rings. The Morgan fingerprint density at radius 1 is 1.57 bits per heavy atom. The molecule has 0 bridgehead atoms. The van der Waals surface area contributed by atoms with Crippen LogP contribution in [0.25, 0.3) is 0 Å². The van der Waals surface area contributed by atoms with Gasteiger partial charge >= 0.3 is 12.3 Å². The highest BCUT2D eigenvalue weighted by atomic mass is 19.3. The van der Waals surface area contributed by atoms with Gasteiger partial charge in [0.1, 0.15) is 0 Å². The number of rotatable bonds is 6. The number of anilines is 1. The maximum absolute atomic E-state index is 12.8. The summed E-state index contributed by atoms with van der Waals surface area (Å²) in [5.74, 6) is -4.84. The summed E-state index contributed by atoms with van der Waals surface area (Å²) in [6.45, 7) is 1.02. The molecular weight excluding hydrogens is 320 g/mol. The summed E-state index contributed by atoms with van der Waals surface area (Å²) in [7, 11) is 0. The highest BCUT2D eigenvalue weighted by Crippen LogP contribution is 2.30. The van der Waals surface area contributed by atoms with E-state index in [9.17, 15) is 22.4 Å². The number of halogens is 4. The highest BCUT2D eigenvalue weighted by molar-refractivity contribution is 5.95. The fourth-order valence-corrected chi connectivity index (χ4v) is 1.93. The summed E-state index contributed by atoms with van der Waals surface area (Å²) in [6, 6.07) is 2.63. The van der Waals surface area contributed by atoms with Gasteiger partial charge in [0.2, 0.25) is 11.8 Å². The minimum atomic E-state index is -4.27. The molecule has 1 aromatic rings. The number of nitrogens with zero attached hydrogens (tertiary/aromatic N) is 1. The summed E-state index contributed by atoms with van der Waals surface area (Å²) >= 11 is 0. The van der Waals surface area contributed by atoms with Gasteiger partial charge in [-0.25, -0.2) is 13.8 Å². The molecule has 5 nitrogen and oxygen atoms in total. The van der Waals surface area contributed by atoms with Crippen LogP contribution < -0.4 is 10.1 Å². The Kier molecular flexibility index (Phi) is 5.08. The van der Waals surface area contributed by atoms with Crippen LogP contribution in [0.5, 0.6) is 5.88 Å². The Morgan fingerprint density at radius 2 is 2.30 bits per heavy atom. The third kappa shape index (κ3) is 4.31. The minimum Gasteiger partial charge on any atom is -0.471 e. The van der Waals surface area contributed by atoms with E-state index in [1.165, 1.54) is 18.3 Å². The van der Waals surface area contributed by atoms with Crippen molar-refractivity contribution in [3.05, 3.63) is 18.3 Å². The third-order valence-electron chi connectivity index (χ3n) is 3.49. The lowest BCUT2D eigenvalue weighted by Crippen LogP contribution is -2.34. The van der Waals surface area contributed by atoms with Gasteiger partial charge in [0.15, 0.2) is 6.61 Å². The van der Waals surface area contributed by atoms with Gasteiger partial charge < -0.3 is 14.8 Å². The minimum absolute atomic E-state index is 0.272. The lowest BCUT2D eigenvalue weighted by Gasteiger charge is -2.20. The van der Waals surface area contributed by atoms with Crippen LogP contribution in [0.15, 0.2) is 18.3 Å². The van der Waals surface area contributed by atoms with Gasteiger partial charge in [-0.05, 0) is 19.4 Å². The van der Waals surface area contributed by atoms with E-state index in [0.29, 0.717) is 13.0 Å². The van der Waals surface area contributed by atoms with E-state index in [1.54, 1.807) is 6.92 Å². The first-order chi connectivity index (χ1) is 10.7. The van der Waals surface area contributed by atoms with Crippen LogP contribution in [-0.2, 0) is 9.53 Å². The molecule has 1 aliphatic heterocycles. The zero-order chi connectivity index (χ0) is 17.1. The van der Waals surface area contributed by atoms with Crippen LogP contribution in [0.4, 0.5) is 23.2 Å². The Hall–Kier alpha value is -1.90. The van der Waals surface area contributed by atoms with Gasteiger partial charge in [-0.3, -0.25) is 4.79 Å². The number of hydrogen-bond donors (Lipinski definition) is 1. The Morgan fingerprint density at radius 3 is 2.91 bits per heavy atom. The molecule has 0 aliphatic carbocycles. The number of alkyl halides is 4. The monoisotopic (exact) mass is 336 g/mol. The van der Waals surface area contributed by atoms with Crippen molar-refractivity contribution >= 4 is 11.6 Å². The topological polar surface area (TPSA) is 60.5 Å². The molecule has 1 amide bonds. The first-order valence-corrected chi connectivity index (χ1v) is 6.87. The number of ether oxygens (including phenoxy) is 2. The molecule has 1 saturated heterocycles. The molecule has 1 N–H and O–H groups in total. The maximum atomic E-state index is 12.8. The Labute approximate surface area is 130 Å². The Balaban J connectivity index is 1.98. The first-order valence-electron chi connectivity index (χ1n) is 6.87. The highest BCUT2D eigenvalue weighted by Gasteiger charge is 2.42. The molecule has 0 spiro atoms. The predicted octanol–water partition coefficient (Wildman–Crippen LogP) is 2.73. The van der Waals surface area contributed by atoms with Crippen LogP contribution in [0, 0.1) is 5.41 Å². The van der Waals surface area contributed by atoms with Gasteiger partial charge in [-0.15, -0.1) is 0 Å². The molecule has 1 aromatic heterocycles. The maximum Gasteiger partial charge on any atom is 0.340 e. The number of amides is 1. The van der Waals surface area contributed by atoms with E-state index in [2.05, 4.69) is 15.0 Å². The van der Waals surface area contributed by atoms with Gasteiger partial charge in [-0.2, -0.15) is 8.78 Å². The van der Waals surface area contributed by atoms with Crippen molar-refractivity contribution in [2.75, 3.05) is 25.1 Å². The van der Waals surface area contributed by atoms with Crippen molar-refractivity contribution in [2.45, 2.75) is 25.7 Å². The third-order valence-corrected chi connectivity index (χ3v) is 3.49. The smallest absolute Gasteiger partial charge is 0.340 e. The summed E-state index contributed by atoms with van der Waals surface area (Å²) < 4.78 is 59.5. The number of aromatic nitrogens is 1. The van der Waals surface area contributed by atoms with Crippen molar-refractivity contribution < 1.29 is 31.8 Å². The zero-order valence-corrected chi connectivity index (χ0v) is 12.3. The number of carbonyl (C=O) groups excluding carboxylic acids is 1. The van der Waals surface area contributed by atoms with Crippen LogP contribution >= 0.6 is 0 Å². The van der Waals surface area contributed by atoms with Crippen molar-refractivity contribution in [2.24, 2.45) is 5.41 Å². The molecule has 9 heteroatoms. The second kappa shape index (κ2) is 6.69. The Bertz CT molecular complexity index is 563. The second-order valence-electron chi connectivity index (χ2n) is 5.55. The van der Waals surface area contributed by atoms with Crippen molar-refractivity contribution in [1.82, 2.24) is 4.98 Å². The van der Waals surface area contributed by atoms with Gasteiger partial charge in [0.25, 0.3) is 0 Å². The van der Waals surface area contributed by atoms with Crippen molar-refractivity contribution in [3.63, 3.8) is 0 Å². The molecule has 0 saturated carbocycles. The van der Waals surface area contributed by atoms with E-state index in [0.717, 1.165) is 0 Å². The lowest BCUT2D eigenvalue weighted by atomic mass is 9.89.